The molecule has 2 rings (SSSR count). The first-order valence-electron chi connectivity index (χ1n) is 11.0. The maximum atomic E-state index is 13.3. The second kappa shape index (κ2) is 11.0. The predicted octanol–water partition coefficient (Wildman–Crippen LogP) is 4.51. The molecule has 5 nitrogen and oxygen atoms in total. The van der Waals surface area contributed by atoms with Gasteiger partial charge in [0.05, 0.1) is 6.54 Å². The number of benzene rings is 1. The molecule has 0 N–H and O–H groups in total. The van der Waals surface area contributed by atoms with Crippen molar-refractivity contribution in [3.05, 3.63) is 59.4 Å². The number of carbonyl (C=O) groups excluding carboxylic acids is 2. The van der Waals surface area contributed by atoms with E-state index in [0.29, 0.717) is 24.6 Å². The molecule has 0 saturated heterocycles. The van der Waals surface area contributed by atoms with Crippen LogP contribution in [0.3, 0.4) is 0 Å². The largest absolute Gasteiger partial charge is 0.353 e. The van der Waals surface area contributed by atoms with E-state index in [9.17, 15) is 9.59 Å². The van der Waals surface area contributed by atoms with E-state index < -0.39 is 0 Å². The molecule has 0 fully saturated rings. The van der Waals surface area contributed by atoms with Crippen LogP contribution in [0.25, 0.3) is 0 Å². The van der Waals surface area contributed by atoms with Crippen LogP contribution in [0, 0.1) is 5.92 Å². The molecule has 5 heteroatoms. The van der Waals surface area contributed by atoms with E-state index in [1.54, 1.807) is 4.90 Å². The highest BCUT2D eigenvalue weighted by Gasteiger charge is 2.26. The molecule has 164 valence electrons. The maximum Gasteiger partial charge on any atom is 0.254 e. The molecule has 0 saturated carbocycles. The van der Waals surface area contributed by atoms with Gasteiger partial charge in [0.25, 0.3) is 5.91 Å². The van der Waals surface area contributed by atoms with E-state index in [1.165, 1.54) is 5.56 Å². The Balaban J connectivity index is 2.21. The third-order valence-electron chi connectivity index (χ3n) is 5.64. The Morgan fingerprint density at radius 2 is 1.70 bits per heavy atom. The molecule has 30 heavy (non-hydrogen) atoms. The van der Waals surface area contributed by atoms with Gasteiger partial charge in [-0.25, -0.2) is 0 Å². The average Bonchev–Trinajstić information content (AvgIpc) is 3.14. The summed E-state index contributed by atoms with van der Waals surface area (Å²) in [4.78, 5) is 30.2. The second-order valence-electron chi connectivity index (χ2n) is 8.52. The van der Waals surface area contributed by atoms with Crippen LogP contribution in [0.15, 0.2) is 42.6 Å². The summed E-state index contributed by atoms with van der Waals surface area (Å²) in [6.45, 7) is 11.7. The van der Waals surface area contributed by atoms with Crippen molar-refractivity contribution in [2.24, 2.45) is 13.0 Å². The molecule has 1 aromatic heterocycles. The second-order valence-corrected chi connectivity index (χ2v) is 8.52. The van der Waals surface area contributed by atoms with Crippen molar-refractivity contribution in [3.8, 4) is 0 Å². The number of rotatable bonds is 10. The average molecular weight is 412 g/mol. The number of hydrogen-bond acceptors (Lipinski definition) is 2. The van der Waals surface area contributed by atoms with Crippen molar-refractivity contribution in [2.45, 2.75) is 60.0 Å². The summed E-state index contributed by atoms with van der Waals surface area (Å²) in [5, 5.41) is 0. The fraction of sp³-hybridized carbons (Fsp3) is 0.520. The zero-order valence-electron chi connectivity index (χ0n) is 19.4. The van der Waals surface area contributed by atoms with Gasteiger partial charge in [0.1, 0.15) is 6.54 Å². The minimum Gasteiger partial charge on any atom is -0.353 e. The molecule has 0 radical (unpaired) electrons. The first kappa shape index (κ1) is 23.7. The third kappa shape index (κ3) is 6.22. The lowest BCUT2D eigenvalue weighted by Crippen LogP contribution is -2.47. The van der Waals surface area contributed by atoms with Gasteiger partial charge < -0.3 is 14.4 Å². The zero-order chi connectivity index (χ0) is 22.3. The van der Waals surface area contributed by atoms with Gasteiger partial charge in [0.15, 0.2) is 0 Å². The fourth-order valence-electron chi connectivity index (χ4n) is 3.49. The number of aryl methyl sites for hydroxylation is 2. The van der Waals surface area contributed by atoms with Crippen LogP contribution in [0.5, 0.6) is 0 Å². The Kier molecular flexibility index (Phi) is 8.70. The lowest BCUT2D eigenvalue weighted by Gasteiger charge is -2.32. The molecule has 0 aliphatic heterocycles. The summed E-state index contributed by atoms with van der Waals surface area (Å²) in [7, 11) is 1.99. The normalized spacial score (nSPS) is 12.1. The highest BCUT2D eigenvalue weighted by molar-refractivity contribution is 5.96. The standard InChI is InChI=1S/C25H37N3O2/c1-7-20(5)28(25(30)22-13-11-21(8-2)12-14-22)18-24(29)27(16-19(3)4)17-23-10-9-15-26(23)6/h9-15,19-20H,7-8,16-18H2,1-6H3. The van der Waals surface area contributed by atoms with E-state index in [0.717, 1.165) is 18.5 Å². The van der Waals surface area contributed by atoms with Crippen molar-refractivity contribution in [1.82, 2.24) is 14.4 Å². The van der Waals surface area contributed by atoms with Crippen LogP contribution in [-0.4, -0.2) is 45.3 Å². The number of aromatic nitrogens is 1. The van der Waals surface area contributed by atoms with Gasteiger partial charge in [-0.15, -0.1) is 0 Å². The maximum absolute atomic E-state index is 13.3. The van der Waals surface area contributed by atoms with Crippen LogP contribution >= 0.6 is 0 Å². The minimum atomic E-state index is -0.0799. The van der Waals surface area contributed by atoms with Crippen molar-refractivity contribution in [2.75, 3.05) is 13.1 Å². The molecule has 1 aromatic carbocycles. The van der Waals surface area contributed by atoms with Gasteiger partial charge in [-0.1, -0.05) is 39.8 Å². The molecule has 0 aliphatic carbocycles. The van der Waals surface area contributed by atoms with Gasteiger partial charge in [-0.2, -0.15) is 0 Å². The number of amides is 2. The van der Waals surface area contributed by atoms with E-state index in [2.05, 4.69) is 20.8 Å². The molecular formula is C25H37N3O2. The highest BCUT2D eigenvalue weighted by Crippen LogP contribution is 2.15. The Labute approximate surface area is 181 Å². The third-order valence-corrected chi connectivity index (χ3v) is 5.64. The molecule has 0 spiro atoms. The highest BCUT2D eigenvalue weighted by atomic mass is 16.2. The summed E-state index contributed by atoms with van der Waals surface area (Å²) in [5.41, 5.74) is 2.92. The SMILES string of the molecule is CCc1ccc(C(=O)N(CC(=O)N(Cc2cccn2C)CC(C)C)C(C)CC)cc1. The number of hydrogen-bond donors (Lipinski definition) is 0. The minimum absolute atomic E-state index is 0.0104. The number of carbonyl (C=O) groups is 2. The van der Waals surface area contributed by atoms with Crippen LogP contribution < -0.4 is 0 Å². The lowest BCUT2D eigenvalue weighted by molar-refractivity contribution is -0.133. The van der Waals surface area contributed by atoms with Gasteiger partial charge in [-0.3, -0.25) is 9.59 Å². The van der Waals surface area contributed by atoms with E-state index in [4.69, 9.17) is 0 Å². The molecule has 1 unspecified atom stereocenters. The van der Waals surface area contributed by atoms with Gasteiger partial charge in [-0.05, 0) is 55.5 Å². The summed E-state index contributed by atoms with van der Waals surface area (Å²) in [5.74, 6) is 0.260. The van der Waals surface area contributed by atoms with Crippen molar-refractivity contribution in [3.63, 3.8) is 0 Å². The molecule has 2 amide bonds. The van der Waals surface area contributed by atoms with Gasteiger partial charge in [0.2, 0.25) is 5.91 Å². The van der Waals surface area contributed by atoms with Crippen LogP contribution in [0.1, 0.15) is 62.7 Å². The lowest BCUT2D eigenvalue weighted by atomic mass is 10.1. The first-order valence-corrected chi connectivity index (χ1v) is 11.0. The molecule has 1 atom stereocenters. The Bertz CT molecular complexity index is 823. The van der Waals surface area contributed by atoms with Crippen LogP contribution in [0.4, 0.5) is 0 Å². The Morgan fingerprint density at radius 3 is 2.20 bits per heavy atom. The molecule has 0 bridgehead atoms. The van der Waals surface area contributed by atoms with Gasteiger partial charge >= 0.3 is 0 Å². The van der Waals surface area contributed by atoms with Crippen molar-refractivity contribution in [1.29, 1.82) is 0 Å². The topological polar surface area (TPSA) is 45.6 Å². The Hall–Kier alpha value is -2.56. The molecule has 0 aliphatic rings. The van der Waals surface area contributed by atoms with Crippen LogP contribution in [-0.2, 0) is 24.8 Å². The quantitative estimate of drug-likeness (QED) is 0.577. The van der Waals surface area contributed by atoms with E-state index >= 15 is 0 Å². The molecule has 1 heterocycles. The summed E-state index contributed by atoms with van der Waals surface area (Å²) in [6, 6.07) is 11.7. The van der Waals surface area contributed by atoms with Gasteiger partial charge in [0, 0.05) is 37.1 Å². The van der Waals surface area contributed by atoms with Crippen molar-refractivity contribution < 1.29 is 9.59 Å². The smallest absolute Gasteiger partial charge is 0.254 e. The van der Waals surface area contributed by atoms with E-state index in [-0.39, 0.29) is 24.4 Å². The zero-order valence-corrected chi connectivity index (χ0v) is 19.4. The summed E-state index contributed by atoms with van der Waals surface area (Å²) < 4.78 is 2.04. The predicted molar refractivity (Wildman–Crippen MR) is 122 cm³/mol. The molecule has 2 aromatic rings. The summed E-state index contributed by atoms with van der Waals surface area (Å²) in [6.07, 6.45) is 3.72. The first-order chi connectivity index (χ1) is 14.3. The molecular weight excluding hydrogens is 374 g/mol. The van der Waals surface area contributed by atoms with E-state index in [1.807, 2.05) is 73.0 Å². The summed E-state index contributed by atoms with van der Waals surface area (Å²) >= 11 is 0. The van der Waals surface area contributed by atoms with Crippen molar-refractivity contribution >= 4 is 11.8 Å². The monoisotopic (exact) mass is 411 g/mol. The number of nitrogens with zero attached hydrogens (tertiary/aromatic N) is 3. The Morgan fingerprint density at radius 1 is 1.03 bits per heavy atom. The van der Waals surface area contributed by atoms with Crippen LogP contribution in [0.2, 0.25) is 0 Å². The fourth-order valence-corrected chi connectivity index (χ4v) is 3.49.